The number of likely N-dealkylation sites (tertiary alicyclic amines) is 1. The molecule has 3 fully saturated rings. The van der Waals surface area contributed by atoms with E-state index in [1.54, 1.807) is 26.9 Å². The molecule has 234 valence electrons. The average molecular weight is 602 g/mol. The summed E-state index contributed by atoms with van der Waals surface area (Å²) in [5, 5.41) is 9.71. The first kappa shape index (κ1) is 31.5. The lowest BCUT2D eigenvalue weighted by Crippen LogP contribution is -2.57. The molecule has 9 nitrogen and oxygen atoms in total. The van der Waals surface area contributed by atoms with E-state index in [0.29, 0.717) is 37.3 Å². The number of ether oxygens (including phenoxy) is 2. The van der Waals surface area contributed by atoms with Crippen molar-refractivity contribution >= 4 is 29.1 Å². The van der Waals surface area contributed by atoms with Crippen molar-refractivity contribution in [2.45, 2.75) is 57.8 Å². The number of nitrogens with zero attached hydrogens (tertiary/aromatic N) is 3. The van der Waals surface area contributed by atoms with E-state index in [4.69, 9.17) is 9.47 Å². The number of carbonyl (C=O) groups excluding carboxylic acids is 3. The molecule has 5 atom stereocenters. The summed E-state index contributed by atoms with van der Waals surface area (Å²) in [5.74, 6) is -1.65. The third kappa shape index (κ3) is 5.22. The van der Waals surface area contributed by atoms with Gasteiger partial charge in [-0.2, -0.15) is 0 Å². The molecule has 1 spiro atoms. The van der Waals surface area contributed by atoms with Crippen molar-refractivity contribution in [2.75, 3.05) is 42.6 Å². The Labute approximate surface area is 259 Å². The fourth-order valence-electron chi connectivity index (χ4n) is 7.52. The number of amides is 3. The minimum Gasteiger partial charge on any atom is -0.494 e. The summed E-state index contributed by atoms with van der Waals surface area (Å²) in [6, 6.07) is 12.2. The standard InChI is InChI=1S/C35H43N3O6/c1-6-19-36(25-13-15-26(16-14-25)43-8-3)32(40)28-27-17-18-35(44-27)29(28)33(41)38(21-10-22-39)31(35)34(42)37(20-7-2)30-23(4)11-9-12-24(30)5/h6-7,9,11-16,27-29,31,39H,1-2,8,10,17-22H2,3-5H3/t27-,28+,29-,31?,35?/m0/s1. The second-order valence-electron chi connectivity index (χ2n) is 11.8. The number of benzene rings is 2. The van der Waals surface area contributed by atoms with Gasteiger partial charge in [-0.1, -0.05) is 30.4 Å². The highest BCUT2D eigenvalue weighted by Gasteiger charge is 2.75. The normalized spacial score (nSPS) is 25.1. The van der Waals surface area contributed by atoms with Gasteiger partial charge in [-0.3, -0.25) is 14.4 Å². The molecule has 0 radical (unpaired) electrons. The molecule has 1 N–H and O–H groups in total. The van der Waals surface area contributed by atoms with Gasteiger partial charge in [0.05, 0.1) is 24.5 Å². The first-order chi connectivity index (χ1) is 21.2. The Hall–Kier alpha value is -3.95. The van der Waals surface area contributed by atoms with E-state index in [1.165, 1.54) is 0 Å². The van der Waals surface area contributed by atoms with E-state index >= 15 is 0 Å². The summed E-state index contributed by atoms with van der Waals surface area (Å²) < 4.78 is 12.3. The van der Waals surface area contributed by atoms with E-state index in [9.17, 15) is 19.5 Å². The topological polar surface area (TPSA) is 99.6 Å². The molecule has 0 saturated carbocycles. The van der Waals surface area contributed by atoms with Crippen LogP contribution < -0.4 is 14.5 Å². The van der Waals surface area contributed by atoms with Crippen LogP contribution in [-0.2, 0) is 19.1 Å². The lowest BCUT2D eigenvalue weighted by Gasteiger charge is -2.37. The smallest absolute Gasteiger partial charge is 0.253 e. The Bertz CT molecular complexity index is 1400. The molecular formula is C35H43N3O6. The van der Waals surface area contributed by atoms with Gasteiger partial charge >= 0.3 is 0 Å². The number of rotatable bonds is 13. The van der Waals surface area contributed by atoms with Crippen LogP contribution in [0.4, 0.5) is 11.4 Å². The van der Waals surface area contributed by atoms with E-state index in [-0.39, 0.29) is 44.0 Å². The zero-order valence-corrected chi connectivity index (χ0v) is 25.9. The molecule has 2 aromatic rings. The summed E-state index contributed by atoms with van der Waals surface area (Å²) in [7, 11) is 0. The molecule has 3 amide bonds. The predicted molar refractivity (Wildman–Crippen MR) is 170 cm³/mol. The minimum atomic E-state index is -1.15. The van der Waals surface area contributed by atoms with Crippen LogP contribution in [0.15, 0.2) is 67.8 Å². The molecule has 3 aliphatic heterocycles. The summed E-state index contributed by atoms with van der Waals surface area (Å²) in [6.45, 7) is 14.7. The van der Waals surface area contributed by atoms with E-state index in [1.807, 2.05) is 63.2 Å². The van der Waals surface area contributed by atoms with Gasteiger partial charge in [-0.25, -0.2) is 0 Å². The maximum atomic E-state index is 14.7. The van der Waals surface area contributed by atoms with Crippen molar-refractivity contribution in [1.82, 2.24) is 4.90 Å². The van der Waals surface area contributed by atoms with Crippen molar-refractivity contribution in [2.24, 2.45) is 11.8 Å². The van der Waals surface area contributed by atoms with Crippen molar-refractivity contribution in [3.63, 3.8) is 0 Å². The van der Waals surface area contributed by atoms with E-state index in [2.05, 4.69) is 13.2 Å². The number of hydrogen-bond donors (Lipinski definition) is 1. The molecular weight excluding hydrogens is 558 g/mol. The second-order valence-corrected chi connectivity index (χ2v) is 11.8. The van der Waals surface area contributed by atoms with Gasteiger partial charge in [-0.05, 0) is 75.4 Å². The molecule has 2 aromatic carbocycles. The number of carbonyl (C=O) groups is 3. The highest BCUT2D eigenvalue weighted by Crippen LogP contribution is 2.59. The molecule has 0 aliphatic carbocycles. The van der Waals surface area contributed by atoms with Crippen LogP contribution in [0.25, 0.3) is 0 Å². The number of aliphatic hydroxyl groups excluding tert-OH is 1. The van der Waals surface area contributed by atoms with Crippen LogP contribution >= 0.6 is 0 Å². The van der Waals surface area contributed by atoms with Crippen LogP contribution in [-0.4, -0.2) is 78.3 Å². The molecule has 3 aliphatic rings. The SMILES string of the molecule is C=CCN(C(=O)[C@@H]1[C@@H]2CCC3(O2)C(C(=O)N(CC=C)c2c(C)cccc2C)N(CCCO)C(=O)[C@H]13)c1ccc(OCC)cc1. The summed E-state index contributed by atoms with van der Waals surface area (Å²) in [5.41, 5.74) is 2.15. The lowest BCUT2D eigenvalue weighted by atomic mass is 9.70. The summed E-state index contributed by atoms with van der Waals surface area (Å²) >= 11 is 0. The van der Waals surface area contributed by atoms with Crippen molar-refractivity contribution in [1.29, 1.82) is 0 Å². The van der Waals surface area contributed by atoms with Crippen LogP contribution in [0.2, 0.25) is 0 Å². The van der Waals surface area contributed by atoms with Gasteiger partial charge < -0.3 is 29.3 Å². The second kappa shape index (κ2) is 13.0. The largest absolute Gasteiger partial charge is 0.494 e. The summed E-state index contributed by atoms with van der Waals surface area (Å²) in [6.07, 6.45) is 4.20. The molecule has 3 heterocycles. The van der Waals surface area contributed by atoms with E-state index < -0.39 is 29.6 Å². The highest BCUT2D eigenvalue weighted by atomic mass is 16.5. The summed E-state index contributed by atoms with van der Waals surface area (Å²) in [4.78, 5) is 48.4. The predicted octanol–water partition coefficient (Wildman–Crippen LogP) is 4.20. The van der Waals surface area contributed by atoms with Crippen LogP contribution in [0.1, 0.15) is 37.3 Å². The Kier molecular flexibility index (Phi) is 9.27. The lowest BCUT2D eigenvalue weighted by molar-refractivity contribution is -0.141. The Morgan fingerprint density at radius 1 is 1.07 bits per heavy atom. The fourth-order valence-corrected chi connectivity index (χ4v) is 7.52. The third-order valence-electron chi connectivity index (χ3n) is 9.20. The molecule has 2 bridgehead atoms. The maximum absolute atomic E-state index is 14.7. The molecule has 44 heavy (non-hydrogen) atoms. The van der Waals surface area contributed by atoms with Gasteiger partial charge in [0.2, 0.25) is 11.8 Å². The Morgan fingerprint density at radius 2 is 1.73 bits per heavy atom. The van der Waals surface area contributed by atoms with Crippen LogP contribution in [0.3, 0.4) is 0 Å². The van der Waals surface area contributed by atoms with Crippen molar-refractivity contribution in [3.05, 3.63) is 78.9 Å². The number of hydrogen-bond acceptors (Lipinski definition) is 6. The van der Waals surface area contributed by atoms with Crippen LogP contribution in [0, 0.1) is 25.7 Å². The van der Waals surface area contributed by atoms with Crippen molar-refractivity contribution < 1.29 is 29.0 Å². The Morgan fingerprint density at radius 3 is 2.34 bits per heavy atom. The minimum absolute atomic E-state index is 0.133. The third-order valence-corrected chi connectivity index (χ3v) is 9.20. The number of fused-ring (bicyclic) bond motifs is 1. The number of para-hydroxylation sites is 1. The maximum Gasteiger partial charge on any atom is 0.253 e. The fraction of sp³-hybridized carbons (Fsp3) is 0.457. The van der Waals surface area contributed by atoms with Gasteiger partial charge in [0.1, 0.15) is 17.4 Å². The van der Waals surface area contributed by atoms with Crippen LogP contribution in [0.5, 0.6) is 5.75 Å². The quantitative estimate of drug-likeness (QED) is 0.346. The number of anilines is 2. The highest BCUT2D eigenvalue weighted by molar-refractivity contribution is 6.07. The van der Waals surface area contributed by atoms with Gasteiger partial charge in [-0.15, -0.1) is 13.2 Å². The number of aliphatic hydroxyl groups is 1. The Balaban J connectivity index is 1.54. The van der Waals surface area contributed by atoms with E-state index in [0.717, 1.165) is 16.8 Å². The first-order valence-corrected chi connectivity index (χ1v) is 15.5. The number of aryl methyl sites for hydroxylation is 2. The molecule has 0 aromatic heterocycles. The molecule has 5 rings (SSSR count). The monoisotopic (exact) mass is 601 g/mol. The van der Waals surface area contributed by atoms with Gasteiger partial charge in [0, 0.05) is 37.6 Å². The van der Waals surface area contributed by atoms with Gasteiger partial charge in [0.15, 0.2) is 0 Å². The van der Waals surface area contributed by atoms with Crippen molar-refractivity contribution in [3.8, 4) is 5.75 Å². The molecule has 2 unspecified atom stereocenters. The van der Waals surface area contributed by atoms with Gasteiger partial charge in [0.25, 0.3) is 5.91 Å². The molecule has 9 heteroatoms. The zero-order chi connectivity index (χ0) is 31.6. The first-order valence-electron chi connectivity index (χ1n) is 15.5. The molecule has 3 saturated heterocycles. The zero-order valence-electron chi connectivity index (χ0n) is 25.9. The average Bonchev–Trinajstić information content (AvgIpc) is 3.65.